The van der Waals surface area contributed by atoms with Crippen LogP contribution in [0.15, 0.2) is 18.2 Å². The summed E-state index contributed by atoms with van der Waals surface area (Å²) in [5.41, 5.74) is 0. The maximum atomic E-state index is 13.1. The van der Waals surface area contributed by atoms with Crippen molar-refractivity contribution in [2.45, 2.75) is 25.9 Å². The topological polar surface area (TPSA) is 46.5 Å². The van der Waals surface area contributed by atoms with Crippen molar-refractivity contribution in [3.8, 4) is 5.75 Å². The summed E-state index contributed by atoms with van der Waals surface area (Å²) in [5, 5.41) is 8.78. The molecule has 0 aromatic heterocycles. The fraction of sp³-hybridized carbons (Fsp3) is 0.364. The van der Waals surface area contributed by atoms with Crippen LogP contribution in [-0.4, -0.2) is 17.2 Å². The number of aliphatic carboxylic acids is 1. The molecular formula is C11H12F2O3. The van der Waals surface area contributed by atoms with Gasteiger partial charge in [-0.3, -0.25) is 0 Å². The predicted molar refractivity (Wildman–Crippen MR) is 53.3 cm³/mol. The SMILES string of the molecule is CCCC(Oc1cc(F)ccc1F)C(=O)O. The Kier molecular flexibility index (Phi) is 4.22. The molecule has 1 N–H and O–H groups in total. The zero-order valence-electron chi connectivity index (χ0n) is 8.74. The Morgan fingerprint density at radius 2 is 2.19 bits per heavy atom. The van der Waals surface area contributed by atoms with E-state index in [2.05, 4.69) is 0 Å². The Hall–Kier alpha value is -1.65. The largest absolute Gasteiger partial charge is 0.479 e. The number of ether oxygens (including phenoxy) is 1. The van der Waals surface area contributed by atoms with Crippen LogP contribution in [-0.2, 0) is 4.79 Å². The summed E-state index contributed by atoms with van der Waals surface area (Å²) < 4.78 is 30.9. The molecule has 0 bridgehead atoms. The number of hydrogen-bond donors (Lipinski definition) is 1. The van der Waals surface area contributed by atoms with Gasteiger partial charge in [-0.05, 0) is 18.6 Å². The van der Waals surface area contributed by atoms with Crippen LogP contribution in [0.1, 0.15) is 19.8 Å². The van der Waals surface area contributed by atoms with Gasteiger partial charge in [0.15, 0.2) is 17.7 Å². The molecule has 1 aromatic rings. The molecule has 0 aliphatic carbocycles. The lowest BCUT2D eigenvalue weighted by Crippen LogP contribution is -2.27. The Labute approximate surface area is 91.7 Å². The quantitative estimate of drug-likeness (QED) is 0.845. The zero-order valence-corrected chi connectivity index (χ0v) is 8.74. The first kappa shape index (κ1) is 12.4. The third-order valence-corrected chi connectivity index (χ3v) is 1.99. The van der Waals surface area contributed by atoms with Crippen LogP contribution in [0.25, 0.3) is 0 Å². The highest BCUT2D eigenvalue weighted by Crippen LogP contribution is 2.20. The molecule has 0 saturated heterocycles. The molecule has 0 fully saturated rings. The molecule has 16 heavy (non-hydrogen) atoms. The van der Waals surface area contributed by atoms with Crippen LogP contribution >= 0.6 is 0 Å². The van der Waals surface area contributed by atoms with Crippen LogP contribution in [0, 0.1) is 11.6 Å². The van der Waals surface area contributed by atoms with Gasteiger partial charge in [-0.25, -0.2) is 13.6 Å². The molecule has 1 aromatic carbocycles. The summed E-state index contributed by atoms with van der Waals surface area (Å²) in [6.07, 6.45) is -0.333. The average molecular weight is 230 g/mol. The Balaban J connectivity index is 2.84. The maximum absolute atomic E-state index is 13.1. The van der Waals surface area contributed by atoms with Crippen molar-refractivity contribution in [2.24, 2.45) is 0 Å². The number of benzene rings is 1. The molecule has 0 spiro atoms. The minimum Gasteiger partial charge on any atom is -0.479 e. The second-order valence-corrected chi connectivity index (χ2v) is 3.31. The molecule has 3 nitrogen and oxygen atoms in total. The number of halogens is 2. The summed E-state index contributed by atoms with van der Waals surface area (Å²) in [6, 6.07) is 2.67. The molecule has 0 radical (unpaired) electrons. The highest BCUT2D eigenvalue weighted by atomic mass is 19.1. The summed E-state index contributed by atoms with van der Waals surface area (Å²) in [7, 11) is 0. The fourth-order valence-corrected chi connectivity index (χ4v) is 1.22. The van der Waals surface area contributed by atoms with Crippen molar-refractivity contribution in [3.63, 3.8) is 0 Å². The molecule has 1 unspecified atom stereocenters. The minimum atomic E-state index is -1.19. The Bertz CT molecular complexity index is 379. The lowest BCUT2D eigenvalue weighted by Gasteiger charge is -2.14. The van der Waals surface area contributed by atoms with Gasteiger partial charge in [-0.15, -0.1) is 0 Å². The van der Waals surface area contributed by atoms with Crippen LogP contribution in [0.2, 0.25) is 0 Å². The predicted octanol–water partition coefficient (Wildman–Crippen LogP) is 2.60. The summed E-state index contributed by atoms with van der Waals surface area (Å²) in [6.45, 7) is 1.78. The van der Waals surface area contributed by atoms with Gasteiger partial charge in [0, 0.05) is 6.07 Å². The lowest BCUT2D eigenvalue weighted by molar-refractivity contribution is -0.145. The monoisotopic (exact) mass is 230 g/mol. The summed E-state index contributed by atoms with van der Waals surface area (Å²) >= 11 is 0. The smallest absolute Gasteiger partial charge is 0.344 e. The van der Waals surface area contributed by atoms with Crippen molar-refractivity contribution in [1.82, 2.24) is 0 Å². The van der Waals surface area contributed by atoms with Gasteiger partial charge in [-0.2, -0.15) is 0 Å². The highest BCUT2D eigenvalue weighted by Gasteiger charge is 2.20. The second kappa shape index (κ2) is 5.44. The van der Waals surface area contributed by atoms with Gasteiger partial charge >= 0.3 is 5.97 Å². The van der Waals surface area contributed by atoms with Crippen molar-refractivity contribution >= 4 is 5.97 Å². The lowest BCUT2D eigenvalue weighted by atomic mass is 10.2. The van der Waals surface area contributed by atoms with Crippen LogP contribution < -0.4 is 4.74 Å². The second-order valence-electron chi connectivity index (χ2n) is 3.31. The van der Waals surface area contributed by atoms with E-state index in [4.69, 9.17) is 9.84 Å². The third kappa shape index (κ3) is 3.18. The van der Waals surface area contributed by atoms with E-state index in [0.29, 0.717) is 6.42 Å². The number of carboxylic acids is 1. The number of hydrogen-bond acceptors (Lipinski definition) is 2. The standard InChI is InChI=1S/C11H12F2O3/c1-2-3-9(11(14)15)16-10-6-7(12)4-5-8(10)13/h4-6,9H,2-3H2,1H3,(H,14,15). The fourth-order valence-electron chi connectivity index (χ4n) is 1.22. The normalized spacial score (nSPS) is 12.2. The van der Waals surface area contributed by atoms with Gasteiger partial charge in [-0.1, -0.05) is 13.3 Å². The molecule has 0 heterocycles. The first-order valence-corrected chi connectivity index (χ1v) is 4.89. The van der Waals surface area contributed by atoms with E-state index in [1.54, 1.807) is 6.92 Å². The van der Waals surface area contributed by atoms with E-state index in [0.717, 1.165) is 18.2 Å². The summed E-state index contributed by atoms with van der Waals surface area (Å²) in [4.78, 5) is 10.7. The van der Waals surface area contributed by atoms with Crippen LogP contribution in [0.5, 0.6) is 5.75 Å². The molecule has 0 amide bonds. The molecule has 0 aliphatic heterocycles. The summed E-state index contributed by atoms with van der Waals surface area (Å²) in [5.74, 6) is -3.01. The molecule has 0 saturated carbocycles. The molecule has 1 atom stereocenters. The Morgan fingerprint density at radius 3 is 2.75 bits per heavy atom. The minimum absolute atomic E-state index is 0.241. The first-order valence-electron chi connectivity index (χ1n) is 4.89. The van der Waals surface area contributed by atoms with E-state index in [9.17, 15) is 13.6 Å². The van der Waals surface area contributed by atoms with Crippen molar-refractivity contribution in [1.29, 1.82) is 0 Å². The van der Waals surface area contributed by atoms with Gasteiger partial charge < -0.3 is 9.84 Å². The van der Waals surface area contributed by atoms with Gasteiger partial charge in [0.2, 0.25) is 0 Å². The van der Waals surface area contributed by atoms with Crippen molar-refractivity contribution < 1.29 is 23.4 Å². The zero-order chi connectivity index (χ0) is 12.1. The molecule has 0 aliphatic rings. The van der Waals surface area contributed by atoms with Crippen LogP contribution in [0.3, 0.4) is 0 Å². The molecule has 88 valence electrons. The van der Waals surface area contributed by atoms with Crippen molar-refractivity contribution in [2.75, 3.05) is 0 Å². The third-order valence-electron chi connectivity index (χ3n) is 1.99. The molecule has 5 heteroatoms. The van der Waals surface area contributed by atoms with E-state index in [1.165, 1.54) is 0 Å². The van der Waals surface area contributed by atoms with Crippen molar-refractivity contribution in [3.05, 3.63) is 29.8 Å². The van der Waals surface area contributed by atoms with E-state index in [-0.39, 0.29) is 12.2 Å². The number of carbonyl (C=O) groups is 1. The Morgan fingerprint density at radius 1 is 1.50 bits per heavy atom. The van der Waals surface area contributed by atoms with Gasteiger partial charge in [0.25, 0.3) is 0 Å². The number of carboxylic acid groups (broad SMARTS) is 1. The van der Waals surface area contributed by atoms with E-state index < -0.39 is 23.7 Å². The number of rotatable bonds is 5. The van der Waals surface area contributed by atoms with Gasteiger partial charge in [0.05, 0.1) is 0 Å². The van der Waals surface area contributed by atoms with E-state index in [1.807, 2.05) is 0 Å². The maximum Gasteiger partial charge on any atom is 0.344 e. The molecular weight excluding hydrogens is 218 g/mol. The average Bonchev–Trinajstić information content (AvgIpc) is 2.22. The molecule has 1 rings (SSSR count). The van der Waals surface area contributed by atoms with Crippen LogP contribution in [0.4, 0.5) is 8.78 Å². The van der Waals surface area contributed by atoms with E-state index >= 15 is 0 Å². The van der Waals surface area contributed by atoms with Gasteiger partial charge in [0.1, 0.15) is 5.82 Å². The first-order chi connectivity index (χ1) is 7.54. The highest BCUT2D eigenvalue weighted by molar-refractivity contribution is 5.72.